The van der Waals surface area contributed by atoms with Gasteiger partial charge in [0.25, 0.3) is 0 Å². The molecule has 114 valence electrons. The third kappa shape index (κ3) is 4.37. The monoisotopic (exact) mass is 288 g/mol. The molecule has 1 aliphatic heterocycles. The highest BCUT2D eigenvalue weighted by atomic mass is 16.5. The molecule has 2 amide bonds. The number of methoxy groups -OCH3 is 1. The fourth-order valence-electron chi connectivity index (χ4n) is 1.99. The minimum Gasteiger partial charge on any atom is -0.481 e. The van der Waals surface area contributed by atoms with Gasteiger partial charge >= 0.3 is 18.0 Å². The van der Waals surface area contributed by atoms with Crippen LogP contribution in [0.1, 0.15) is 13.3 Å². The van der Waals surface area contributed by atoms with E-state index >= 15 is 0 Å². The van der Waals surface area contributed by atoms with Crippen LogP contribution in [0, 0.1) is 0 Å². The van der Waals surface area contributed by atoms with E-state index in [-0.39, 0.29) is 25.6 Å². The summed E-state index contributed by atoms with van der Waals surface area (Å²) in [5.41, 5.74) is 0. The zero-order valence-electron chi connectivity index (χ0n) is 11.7. The number of urea groups is 1. The number of morpholine rings is 1. The smallest absolute Gasteiger partial charge is 0.325 e. The Balaban J connectivity index is 2.73. The summed E-state index contributed by atoms with van der Waals surface area (Å²) in [6, 6.07) is -0.882. The van der Waals surface area contributed by atoms with Gasteiger partial charge in [-0.05, 0) is 6.92 Å². The van der Waals surface area contributed by atoms with Gasteiger partial charge in [0.15, 0.2) is 0 Å². The van der Waals surface area contributed by atoms with Crippen LogP contribution in [0.5, 0.6) is 0 Å². The first kappa shape index (κ1) is 16.2. The molecule has 1 saturated heterocycles. The summed E-state index contributed by atoms with van der Waals surface area (Å²) in [6.45, 7) is 2.79. The zero-order chi connectivity index (χ0) is 15.1. The maximum Gasteiger partial charge on any atom is 0.325 e. The van der Waals surface area contributed by atoms with Crippen molar-refractivity contribution in [3.05, 3.63) is 0 Å². The number of carboxylic acids is 1. The minimum absolute atomic E-state index is 0.150. The minimum atomic E-state index is -0.991. The largest absolute Gasteiger partial charge is 0.481 e. The molecule has 0 aromatic rings. The molecule has 1 fully saturated rings. The molecule has 0 aliphatic carbocycles. The molecular formula is C12H20N2O6. The molecule has 0 aromatic carbocycles. The zero-order valence-corrected chi connectivity index (χ0v) is 11.7. The normalized spacial score (nSPS) is 18.5. The number of carboxylic acid groups (broad SMARTS) is 1. The molecule has 1 rings (SSSR count). The van der Waals surface area contributed by atoms with Gasteiger partial charge in [0.1, 0.15) is 6.54 Å². The number of aliphatic carboxylic acids is 1. The van der Waals surface area contributed by atoms with E-state index in [9.17, 15) is 14.4 Å². The first-order valence-electron chi connectivity index (χ1n) is 6.41. The summed E-state index contributed by atoms with van der Waals surface area (Å²) in [6.07, 6.45) is -0.179. The second-order valence-corrected chi connectivity index (χ2v) is 4.39. The highest BCUT2D eigenvalue weighted by Crippen LogP contribution is 2.13. The van der Waals surface area contributed by atoms with Gasteiger partial charge in [-0.2, -0.15) is 0 Å². The maximum atomic E-state index is 12.4. The van der Waals surface area contributed by atoms with Crippen molar-refractivity contribution < 1.29 is 29.0 Å². The van der Waals surface area contributed by atoms with Crippen LogP contribution in [0.2, 0.25) is 0 Å². The highest BCUT2D eigenvalue weighted by Gasteiger charge is 2.32. The van der Waals surface area contributed by atoms with Gasteiger partial charge in [0.2, 0.25) is 0 Å². The van der Waals surface area contributed by atoms with E-state index in [1.807, 2.05) is 0 Å². The number of amides is 2. The summed E-state index contributed by atoms with van der Waals surface area (Å²) in [4.78, 5) is 37.2. The molecule has 1 atom stereocenters. The second kappa shape index (κ2) is 7.68. The van der Waals surface area contributed by atoms with Crippen molar-refractivity contribution >= 4 is 18.0 Å². The quantitative estimate of drug-likeness (QED) is 0.702. The number of hydrogen-bond acceptors (Lipinski definition) is 5. The molecule has 1 heterocycles. The van der Waals surface area contributed by atoms with Crippen molar-refractivity contribution in [3.8, 4) is 0 Å². The van der Waals surface area contributed by atoms with E-state index < -0.39 is 18.0 Å². The van der Waals surface area contributed by atoms with Crippen LogP contribution < -0.4 is 0 Å². The fraction of sp³-hybridized carbons (Fsp3) is 0.750. The van der Waals surface area contributed by atoms with Gasteiger partial charge in [0, 0.05) is 13.1 Å². The lowest BCUT2D eigenvalue weighted by Gasteiger charge is -2.37. The lowest BCUT2D eigenvalue weighted by atomic mass is 10.1. The molecule has 1 unspecified atom stereocenters. The van der Waals surface area contributed by atoms with E-state index in [2.05, 4.69) is 4.74 Å². The molecule has 0 bridgehead atoms. The van der Waals surface area contributed by atoms with Crippen LogP contribution in [-0.4, -0.2) is 78.9 Å². The number of rotatable bonds is 5. The Bertz CT molecular complexity index is 373. The lowest BCUT2D eigenvalue weighted by molar-refractivity contribution is -0.142. The van der Waals surface area contributed by atoms with E-state index in [1.165, 1.54) is 16.9 Å². The Morgan fingerprint density at radius 2 is 2.15 bits per heavy atom. The van der Waals surface area contributed by atoms with Gasteiger partial charge in [-0.3, -0.25) is 9.59 Å². The fourth-order valence-corrected chi connectivity index (χ4v) is 1.99. The standard InChI is InChI=1S/C12H20N2O6/c1-3-13(7-11(17)19-2)12(18)14-4-5-20-8-9(14)6-10(15)16/h9H,3-8H2,1-2H3,(H,15,16). The molecule has 0 radical (unpaired) electrons. The van der Waals surface area contributed by atoms with Crippen molar-refractivity contribution in [2.75, 3.05) is 40.0 Å². The molecule has 1 N–H and O–H groups in total. The van der Waals surface area contributed by atoms with Crippen molar-refractivity contribution in [3.63, 3.8) is 0 Å². The first-order chi connectivity index (χ1) is 9.49. The number of hydrogen-bond donors (Lipinski definition) is 1. The Kier molecular flexibility index (Phi) is 6.23. The van der Waals surface area contributed by atoms with Crippen molar-refractivity contribution in [2.24, 2.45) is 0 Å². The van der Waals surface area contributed by atoms with Crippen molar-refractivity contribution in [1.82, 2.24) is 9.80 Å². The lowest BCUT2D eigenvalue weighted by Crippen LogP contribution is -2.55. The molecule has 8 nitrogen and oxygen atoms in total. The molecule has 1 aliphatic rings. The summed E-state index contributed by atoms with van der Waals surface area (Å²) in [7, 11) is 1.25. The predicted molar refractivity (Wildman–Crippen MR) is 68.2 cm³/mol. The first-order valence-corrected chi connectivity index (χ1v) is 6.41. The highest BCUT2D eigenvalue weighted by molar-refractivity contribution is 5.81. The molecule has 20 heavy (non-hydrogen) atoms. The molecule has 0 spiro atoms. The van der Waals surface area contributed by atoms with Crippen molar-refractivity contribution in [2.45, 2.75) is 19.4 Å². The third-order valence-electron chi connectivity index (χ3n) is 3.08. The number of carbonyl (C=O) groups is 3. The number of esters is 1. The predicted octanol–water partition coefficient (Wildman–Crippen LogP) is -0.223. The third-order valence-corrected chi connectivity index (χ3v) is 3.08. The van der Waals surface area contributed by atoms with Crippen LogP contribution in [0.25, 0.3) is 0 Å². The van der Waals surface area contributed by atoms with Crippen LogP contribution in [-0.2, 0) is 19.1 Å². The van der Waals surface area contributed by atoms with Crippen molar-refractivity contribution in [1.29, 1.82) is 0 Å². The van der Waals surface area contributed by atoms with Gasteiger partial charge in [-0.25, -0.2) is 4.79 Å². The summed E-state index contributed by atoms with van der Waals surface area (Å²) in [5.74, 6) is -1.50. The Hall–Kier alpha value is -1.83. The molecular weight excluding hydrogens is 268 g/mol. The van der Waals surface area contributed by atoms with Gasteiger partial charge < -0.3 is 24.4 Å². The van der Waals surface area contributed by atoms with Crippen LogP contribution in [0.3, 0.4) is 0 Å². The molecule has 0 aromatic heterocycles. The summed E-state index contributed by atoms with van der Waals surface area (Å²) >= 11 is 0. The topological polar surface area (TPSA) is 96.4 Å². The summed E-state index contributed by atoms with van der Waals surface area (Å²) < 4.78 is 9.75. The second-order valence-electron chi connectivity index (χ2n) is 4.39. The molecule has 0 saturated carbocycles. The van der Waals surface area contributed by atoms with Crippen LogP contribution in [0.15, 0.2) is 0 Å². The Labute approximate surface area is 117 Å². The van der Waals surface area contributed by atoms with Gasteiger partial charge in [0.05, 0.1) is 32.8 Å². The van der Waals surface area contributed by atoms with E-state index in [0.29, 0.717) is 19.7 Å². The average molecular weight is 288 g/mol. The van der Waals surface area contributed by atoms with Gasteiger partial charge in [-0.1, -0.05) is 0 Å². The van der Waals surface area contributed by atoms with Crippen LogP contribution >= 0.6 is 0 Å². The summed E-state index contributed by atoms with van der Waals surface area (Å²) in [5, 5.41) is 8.86. The number of likely N-dealkylation sites (N-methyl/N-ethyl adjacent to an activating group) is 1. The van der Waals surface area contributed by atoms with E-state index in [0.717, 1.165) is 0 Å². The number of carbonyl (C=O) groups excluding carboxylic acids is 2. The van der Waals surface area contributed by atoms with E-state index in [1.54, 1.807) is 6.92 Å². The Morgan fingerprint density at radius 3 is 2.70 bits per heavy atom. The SMILES string of the molecule is CCN(CC(=O)OC)C(=O)N1CCOCC1CC(=O)O. The van der Waals surface area contributed by atoms with Crippen LogP contribution in [0.4, 0.5) is 4.79 Å². The van der Waals surface area contributed by atoms with E-state index in [4.69, 9.17) is 9.84 Å². The Morgan fingerprint density at radius 1 is 1.45 bits per heavy atom. The maximum absolute atomic E-state index is 12.4. The molecule has 8 heteroatoms. The van der Waals surface area contributed by atoms with Gasteiger partial charge in [-0.15, -0.1) is 0 Å². The number of nitrogens with zero attached hydrogens (tertiary/aromatic N) is 2. The number of ether oxygens (including phenoxy) is 2. The average Bonchev–Trinajstić information content (AvgIpc) is 2.43.